The molecule has 1 saturated carbocycles. The topological polar surface area (TPSA) is 75.0 Å². The molecule has 0 unspecified atom stereocenters. The van der Waals surface area contributed by atoms with Gasteiger partial charge in [0, 0.05) is 13.1 Å². The van der Waals surface area contributed by atoms with Gasteiger partial charge < -0.3 is 10.0 Å². The van der Waals surface area contributed by atoms with E-state index in [0.717, 1.165) is 18.9 Å². The Morgan fingerprint density at radius 2 is 1.80 bits per heavy atom. The van der Waals surface area contributed by atoms with Gasteiger partial charge in [0.25, 0.3) is 5.88 Å². The Balaban J connectivity index is 1.41. The highest BCUT2D eigenvalue weighted by molar-refractivity contribution is 7.99. The van der Waals surface area contributed by atoms with Crippen molar-refractivity contribution in [1.29, 1.82) is 0 Å². The lowest BCUT2D eigenvalue weighted by atomic mass is 9.77. The maximum atomic E-state index is 9.52. The van der Waals surface area contributed by atoms with E-state index in [4.69, 9.17) is 11.6 Å². The number of hydrogen-bond acceptors (Lipinski definition) is 7. The summed E-state index contributed by atoms with van der Waals surface area (Å²) in [6.07, 6.45) is 13.2. The molecule has 4 rings (SSSR count). The summed E-state index contributed by atoms with van der Waals surface area (Å²) in [7, 11) is 0. The van der Waals surface area contributed by atoms with Crippen LogP contribution in [-0.2, 0) is 0 Å². The summed E-state index contributed by atoms with van der Waals surface area (Å²) in [5, 5.41) is 17.6. The van der Waals surface area contributed by atoms with Gasteiger partial charge in [-0.15, -0.1) is 5.10 Å². The van der Waals surface area contributed by atoms with Crippen LogP contribution >= 0.6 is 23.4 Å². The fourth-order valence-corrected chi connectivity index (χ4v) is 4.81. The number of halogens is 1. The minimum Gasteiger partial charge on any atom is -0.491 e. The molecule has 0 amide bonds. The van der Waals surface area contributed by atoms with Crippen LogP contribution in [0.2, 0.25) is 5.02 Å². The largest absolute Gasteiger partial charge is 0.491 e. The number of aromatic hydroxyl groups is 1. The van der Waals surface area contributed by atoms with Crippen molar-refractivity contribution in [2.24, 2.45) is 5.41 Å². The first kappa shape index (κ1) is 16.8. The normalized spacial score (nSPS) is 19.5. The van der Waals surface area contributed by atoms with E-state index in [2.05, 4.69) is 25.1 Å². The fourth-order valence-electron chi connectivity index (χ4n) is 3.89. The van der Waals surface area contributed by atoms with Crippen molar-refractivity contribution in [2.45, 2.75) is 48.4 Å². The quantitative estimate of drug-likeness (QED) is 0.868. The van der Waals surface area contributed by atoms with Crippen molar-refractivity contribution in [2.75, 3.05) is 18.0 Å². The van der Waals surface area contributed by atoms with Gasteiger partial charge in [0.1, 0.15) is 15.9 Å². The third kappa shape index (κ3) is 3.53. The summed E-state index contributed by atoms with van der Waals surface area (Å²) in [5.41, 5.74) is 0.604. The van der Waals surface area contributed by atoms with E-state index >= 15 is 0 Å². The van der Waals surface area contributed by atoms with Crippen molar-refractivity contribution in [3.05, 3.63) is 23.6 Å². The first-order valence-electron chi connectivity index (χ1n) is 8.60. The molecule has 1 spiro atoms. The predicted molar refractivity (Wildman–Crippen MR) is 97.2 cm³/mol. The van der Waals surface area contributed by atoms with Gasteiger partial charge in [-0.1, -0.05) is 36.2 Å². The second-order valence-electron chi connectivity index (χ2n) is 6.86. The van der Waals surface area contributed by atoms with Crippen molar-refractivity contribution < 1.29 is 5.11 Å². The van der Waals surface area contributed by atoms with Crippen LogP contribution in [0.4, 0.5) is 5.82 Å². The van der Waals surface area contributed by atoms with Crippen molar-refractivity contribution in [3.8, 4) is 5.88 Å². The number of aromatic nitrogens is 4. The molecule has 3 heterocycles. The maximum absolute atomic E-state index is 9.52. The molecule has 8 heteroatoms. The third-order valence-electron chi connectivity index (χ3n) is 5.38. The molecular formula is C17H20ClN5OS. The highest BCUT2D eigenvalue weighted by atomic mass is 35.5. The number of piperidine rings is 1. The lowest BCUT2D eigenvalue weighted by Crippen LogP contribution is -2.39. The molecule has 1 aliphatic carbocycles. The summed E-state index contributed by atoms with van der Waals surface area (Å²) in [6, 6.07) is 0. The first-order valence-corrected chi connectivity index (χ1v) is 9.80. The lowest BCUT2D eigenvalue weighted by molar-refractivity contribution is 0.226. The Morgan fingerprint density at radius 3 is 2.48 bits per heavy atom. The Hall–Kier alpha value is -1.60. The zero-order chi connectivity index (χ0) is 17.3. The zero-order valence-electron chi connectivity index (χ0n) is 13.9. The van der Waals surface area contributed by atoms with Crippen LogP contribution in [0, 0.1) is 5.41 Å². The number of nitrogens with zero attached hydrogens (tertiary/aromatic N) is 5. The highest BCUT2D eigenvalue weighted by Gasteiger charge is 2.37. The predicted octanol–water partition coefficient (Wildman–Crippen LogP) is 3.94. The van der Waals surface area contributed by atoms with Crippen LogP contribution in [0.1, 0.15) is 38.5 Å². The van der Waals surface area contributed by atoms with Gasteiger partial charge in [0.2, 0.25) is 0 Å². The van der Waals surface area contributed by atoms with Gasteiger partial charge >= 0.3 is 0 Å². The SMILES string of the molecule is Oc1nncc(Sc2cnc(N3CCC4(CCCC4)CC3)cn2)c1Cl. The van der Waals surface area contributed by atoms with Gasteiger partial charge in [0.15, 0.2) is 0 Å². The Labute approximate surface area is 156 Å². The van der Waals surface area contributed by atoms with Gasteiger partial charge in [0.05, 0.1) is 23.5 Å². The van der Waals surface area contributed by atoms with Gasteiger partial charge in [-0.25, -0.2) is 9.97 Å². The van der Waals surface area contributed by atoms with E-state index in [9.17, 15) is 5.11 Å². The average Bonchev–Trinajstić information content (AvgIpc) is 3.09. The van der Waals surface area contributed by atoms with E-state index in [0.29, 0.717) is 15.3 Å². The average molecular weight is 378 g/mol. The van der Waals surface area contributed by atoms with Crippen molar-refractivity contribution in [1.82, 2.24) is 20.2 Å². The zero-order valence-corrected chi connectivity index (χ0v) is 15.4. The minimum atomic E-state index is -0.273. The molecule has 2 aromatic heterocycles. The standard InChI is InChI=1S/C17H20ClN5OS/c18-15-12(9-21-22-16(15)24)25-14-11-19-13(10-20-14)23-7-5-17(6-8-23)3-1-2-4-17/h9-11H,1-8H2,(H,22,24). The van der Waals surface area contributed by atoms with Gasteiger partial charge in [-0.3, -0.25) is 0 Å². The van der Waals surface area contributed by atoms with Crippen LogP contribution in [0.5, 0.6) is 5.88 Å². The monoisotopic (exact) mass is 377 g/mol. The Bertz CT molecular complexity index is 741. The molecule has 25 heavy (non-hydrogen) atoms. The molecule has 132 valence electrons. The molecule has 0 radical (unpaired) electrons. The van der Waals surface area contributed by atoms with Crippen LogP contribution in [0.25, 0.3) is 0 Å². The molecule has 0 atom stereocenters. The first-order chi connectivity index (χ1) is 12.2. The number of anilines is 1. The van der Waals surface area contributed by atoms with Gasteiger partial charge in [-0.2, -0.15) is 5.10 Å². The van der Waals surface area contributed by atoms with Crippen molar-refractivity contribution >= 4 is 29.2 Å². The molecule has 0 aromatic carbocycles. The molecular weight excluding hydrogens is 358 g/mol. The molecule has 2 fully saturated rings. The molecule has 6 nitrogen and oxygen atoms in total. The van der Waals surface area contributed by atoms with E-state index < -0.39 is 0 Å². The Kier molecular flexibility index (Phi) is 4.69. The summed E-state index contributed by atoms with van der Waals surface area (Å²) in [5.74, 6) is 0.657. The van der Waals surface area contributed by atoms with E-state index in [-0.39, 0.29) is 10.9 Å². The van der Waals surface area contributed by atoms with E-state index in [1.165, 1.54) is 56.5 Å². The summed E-state index contributed by atoms with van der Waals surface area (Å²) in [4.78, 5) is 12.0. The lowest BCUT2D eigenvalue weighted by Gasteiger charge is -2.39. The molecule has 1 aliphatic heterocycles. The molecule has 2 aromatic rings. The van der Waals surface area contributed by atoms with Gasteiger partial charge in [-0.05, 0) is 31.1 Å². The second-order valence-corrected chi connectivity index (χ2v) is 8.30. The van der Waals surface area contributed by atoms with Crippen LogP contribution in [-0.4, -0.2) is 38.4 Å². The molecule has 2 aliphatic rings. The summed E-state index contributed by atoms with van der Waals surface area (Å²) >= 11 is 7.34. The van der Waals surface area contributed by atoms with Crippen LogP contribution < -0.4 is 4.90 Å². The molecule has 1 saturated heterocycles. The second kappa shape index (κ2) is 6.96. The van der Waals surface area contributed by atoms with E-state index in [1.54, 1.807) is 6.20 Å². The fraction of sp³-hybridized carbons (Fsp3) is 0.529. The summed E-state index contributed by atoms with van der Waals surface area (Å²) < 4.78 is 0. The number of hydrogen-bond donors (Lipinski definition) is 1. The Morgan fingerprint density at radius 1 is 1.04 bits per heavy atom. The highest BCUT2D eigenvalue weighted by Crippen LogP contribution is 2.46. The van der Waals surface area contributed by atoms with Crippen molar-refractivity contribution in [3.63, 3.8) is 0 Å². The third-order valence-corrected chi connectivity index (χ3v) is 6.82. The van der Waals surface area contributed by atoms with E-state index in [1.807, 2.05) is 6.20 Å². The minimum absolute atomic E-state index is 0.184. The molecule has 1 N–H and O–H groups in total. The smallest absolute Gasteiger partial charge is 0.251 e. The summed E-state index contributed by atoms with van der Waals surface area (Å²) in [6.45, 7) is 2.13. The molecule has 0 bridgehead atoms. The maximum Gasteiger partial charge on any atom is 0.251 e. The number of rotatable bonds is 3. The van der Waals surface area contributed by atoms with Crippen LogP contribution in [0.3, 0.4) is 0 Å². The van der Waals surface area contributed by atoms with Crippen LogP contribution in [0.15, 0.2) is 28.5 Å².